The van der Waals surface area contributed by atoms with Crippen molar-refractivity contribution in [3.8, 4) is 23.0 Å². The highest BCUT2D eigenvalue weighted by Crippen LogP contribution is 2.57. The van der Waals surface area contributed by atoms with Crippen molar-refractivity contribution in [3.05, 3.63) is 63.7 Å². The van der Waals surface area contributed by atoms with Gasteiger partial charge in [0, 0.05) is 22.2 Å². The van der Waals surface area contributed by atoms with Crippen molar-refractivity contribution < 1.29 is 18.9 Å². The summed E-state index contributed by atoms with van der Waals surface area (Å²) < 4.78 is 23.6. The van der Waals surface area contributed by atoms with Crippen LogP contribution in [0.1, 0.15) is 37.8 Å². The largest absolute Gasteiger partial charge is 0.492 e. The summed E-state index contributed by atoms with van der Waals surface area (Å²) in [5, 5.41) is 1.23. The molecule has 0 radical (unpaired) electrons. The lowest BCUT2D eigenvalue weighted by Gasteiger charge is -2.14. The lowest BCUT2D eigenvalue weighted by molar-refractivity contribution is 0.220. The zero-order valence-corrected chi connectivity index (χ0v) is 19.5. The first-order valence-corrected chi connectivity index (χ1v) is 11.2. The van der Waals surface area contributed by atoms with Crippen LogP contribution in [0.15, 0.2) is 47.5 Å². The maximum Gasteiger partial charge on any atom is 0.170 e. The van der Waals surface area contributed by atoms with E-state index in [1.165, 1.54) is 5.57 Å². The van der Waals surface area contributed by atoms with E-state index in [4.69, 9.17) is 42.1 Å². The molecule has 0 bridgehead atoms. The van der Waals surface area contributed by atoms with Crippen LogP contribution < -0.4 is 18.9 Å². The lowest BCUT2D eigenvalue weighted by Crippen LogP contribution is -2.12. The number of rotatable bonds is 10. The highest BCUT2D eigenvalue weighted by molar-refractivity contribution is 6.32. The molecule has 1 atom stereocenters. The number of fused-ring (bicyclic) bond motifs is 3. The minimum absolute atomic E-state index is 0.215. The van der Waals surface area contributed by atoms with Gasteiger partial charge in [-0.2, -0.15) is 0 Å². The Morgan fingerprint density at radius 3 is 2.65 bits per heavy atom. The molecule has 0 N–H and O–H groups in total. The molecular weight excluding hydrogens is 435 g/mol. The third-order valence-corrected chi connectivity index (χ3v) is 5.75. The van der Waals surface area contributed by atoms with Crippen LogP contribution in [0.5, 0.6) is 23.0 Å². The topological polar surface area (TPSA) is 36.9 Å². The Hall–Kier alpha value is -2.30. The molecule has 0 saturated heterocycles. The fourth-order valence-electron chi connectivity index (χ4n) is 3.61. The molecule has 1 aliphatic heterocycles. The molecular formula is C25H26Cl2O4. The van der Waals surface area contributed by atoms with E-state index in [2.05, 4.69) is 19.1 Å². The summed E-state index contributed by atoms with van der Waals surface area (Å²) in [6.07, 6.45) is 5.66. The van der Waals surface area contributed by atoms with E-state index in [-0.39, 0.29) is 5.60 Å². The Labute approximate surface area is 193 Å². The zero-order chi connectivity index (χ0) is 22.0. The Bertz CT molecular complexity index is 1020. The number of ether oxygens (including phenoxy) is 4. The van der Waals surface area contributed by atoms with Gasteiger partial charge in [-0.25, -0.2) is 0 Å². The standard InChI is InChI=1S/C25H26Cl2O4/c1-16-13-18(28-12-9-17(2)26)14-21(27)23(16)30-11-5-4-10-29-22-8-6-7-19-20-15-25(20,3)31-24(19)22/h6-9,13-15H,4-5,10-12H2,1-3H3/b17-9-. The van der Waals surface area contributed by atoms with Crippen LogP contribution in [0.2, 0.25) is 5.02 Å². The predicted octanol–water partition coefficient (Wildman–Crippen LogP) is 6.96. The minimum Gasteiger partial charge on any atom is -0.492 e. The summed E-state index contributed by atoms with van der Waals surface area (Å²) in [6, 6.07) is 9.73. The molecule has 31 heavy (non-hydrogen) atoms. The van der Waals surface area contributed by atoms with Gasteiger partial charge in [0.05, 0.1) is 18.2 Å². The van der Waals surface area contributed by atoms with Crippen molar-refractivity contribution in [2.45, 2.75) is 39.2 Å². The van der Waals surface area contributed by atoms with E-state index in [1.54, 1.807) is 12.1 Å². The van der Waals surface area contributed by atoms with Crippen molar-refractivity contribution in [3.63, 3.8) is 0 Å². The number of benzene rings is 2. The SMILES string of the molecule is C/C(Cl)=C/COc1cc(C)c(OCCCCOc2cccc3c2OC2(C)C=C32)c(Cl)c1. The van der Waals surface area contributed by atoms with Crippen molar-refractivity contribution in [1.29, 1.82) is 0 Å². The first-order chi connectivity index (χ1) is 14.9. The Morgan fingerprint density at radius 1 is 1.13 bits per heavy atom. The first kappa shape index (κ1) is 21.9. The summed E-state index contributed by atoms with van der Waals surface area (Å²) >= 11 is 12.2. The van der Waals surface area contributed by atoms with Crippen LogP contribution >= 0.6 is 23.2 Å². The van der Waals surface area contributed by atoms with Gasteiger partial charge in [-0.15, -0.1) is 0 Å². The molecule has 4 rings (SSSR count). The van der Waals surface area contributed by atoms with Crippen molar-refractivity contribution in [1.82, 2.24) is 0 Å². The van der Waals surface area contributed by atoms with Gasteiger partial charge in [0.25, 0.3) is 0 Å². The van der Waals surface area contributed by atoms with Crippen molar-refractivity contribution in [2.75, 3.05) is 19.8 Å². The third kappa shape index (κ3) is 4.97. The quantitative estimate of drug-likeness (QED) is 0.359. The molecule has 2 aromatic carbocycles. The molecule has 0 fully saturated rings. The molecule has 164 valence electrons. The third-order valence-electron chi connectivity index (χ3n) is 5.31. The van der Waals surface area contributed by atoms with Gasteiger partial charge >= 0.3 is 0 Å². The molecule has 0 saturated carbocycles. The molecule has 1 unspecified atom stereocenters. The Balaban J connectivity index is 1.21. The first-order valence-electron chi connectivity index (χ1n) is 10.4. The van der Waals surface area contributed by atoms with Crippen LogP contribution in [-0.4, -0.2) is 25.4 Å². The van der Waals surface area contributed by atoms with E-state index < -0.39 is 0 Å². The molecule has 1 aliphatic carbocycles. The summed E-state index contributed by atoms with van der Waals surface area (Å²) in [4.78, 5) is 0. The summed E-state index contributed by atoms with van der Waals surface area (Å²) in [5.41, 5.74) is 3.13. The van der Waals surface area contributed by atoms with Crippen molar-refractivity contribution >= 4 is 28.8 Å². The zero-order valence-electron chi connectivity index (χ0n) is 18.0. The number of allylic oxidation sites excluding steroid dienone is 1. The summed E-state index contributed by atoms with van der Waals surface area (Å²) in [7, 11) is 0. The maximum absolute atomic E-state index is 6.39. The Morgan fingerprint density at radius 2 is 1.90 bits per heavy atom. The summed E-state index contributed by atoms with van der Waals surface area (Å²) in [6.45, 7) is 7.41. The minimum atomic E-state index is -0.215. The number of aryl methyl sites for hydroxylation is 1. The van der Waals surface area contributed by atoms with Crippen LogP contribution in [0, 0.1) is 6.92 Å². The number of hydrogen-bond acceptors (Lipinski definition) is 4. The fourth-order valence-corrected chi connectivity index (χ4v) is 3.98. The predicted molar refractivity (Wildman–Crippen MR) is 125 cm³/mol. The molecule has 4 nitrogen and oxygen atoms in total. The molecule has 6 heteroatoms. The van der Waals surface area contributed by atoms with E-state index in [9.17, 15) is 0 Å². The lowest BCUT2D eigenvalue weighted by atomic mass is 10.1. The molecule has 0 aromatic heterocycles. The monoisotopic (exact) mass is 460 g/mol. The highest BCUT2D eigenvalue weighted by Gasteiger charge is 2.50. The van der Waals surface area contributed by atoms with Gasteiger partial charge in [0.2, 0.25) is 0 Å². The second kappa shape index (κ2) is 9.05. The van der Waals surface area contributed by atoms with Gasteiger partial charge in [0.15, 0.2) is 17.1 Å². The second-order valence-electron chi connectivity index (χ2n) is 7.96. The number of unbranched alkanes of at least 4 members (excludes halogenated alkanes) is 1. The van der Waals surface area contributed by atoms with Crippen LogP contribution in [0.4, 0.5) is 0 Å². The smallest absolute Gasteiger partial charge is 0.170 e. The van der Waals surface area contributed by atoms with E-state index in [1.807, 2.05) is 32.0 Å². The van der Waals surface area contributed by atoms with Gasteiger partial charge in [-0.1, -0.05) is 35.3 Å². The van der Waals surface area contributed by atoms with Crippen LogP contribution in [-0.2, 0) is 0 Å². The van der Waals surface area contributed by atoms with Gasteiger partial charge in [0.1, 0.15) is 18.1 Å². The van der Waals surface area contributed by atoms with E-state index >= 15 is 0 Å². The molecule has 0 spiro atoms. The van der Waals surface area contributed by atoms with Gasteiger partial charge in [-0.05, 0) is 63.5 Å². The van der Waals surface area contributed by atoms with Gasteiger partial charge < -0.3 is 18.9 Å². The van der Waals surface area contributed by atoms with E-state index in [0.29, 0.717) is 41.4 Å². The number of para-hydroxylation sites is 1. The van der Waals surface area contributed by atoms with Crippen LogP contribution in [0.3, 0.4) is 0 Å². The molecule has 2 aromatic rings. The highest BCUT2D eigenvalue weighted by atomic mass is 35.5. The average molecular weight is 461 g/mol. The molecule has 0 amide bonds. The summed E-state index contributed by atoms with van der Waals surface area (Å²) in [5.74, 6) is 3.05. The van der Waals surface area contributed by atoms with Gasteiger partial charge in [-0.3, -0.25) is 0 Å². The number of hydrogen-bond donors (Lipinski definition) is 0. The normalized spacial score (nSPS) is 18.6. The second-order valence-corrected chi connectivity index (χ2v) is 8.96. The molecule has 1 heterocycles. The molecule has 2 aliphatic rings. The van der Waals surface area contributed by atoms with Crippen molar-refractivity contribution in [2.24, 2.45) is 0 Å². The fraction of sp³-hybridized carbons (Fsp3) is 0.360. The maximum atomic E-state index is 6.39. The average Bonchev–Trinajstić information content (AvgIpc) is 3.28. The number of halogens is 2. The van der Waals surface area contributed by atoms with Crippen LogP contribution in [0.25, 0.3) is 5.57 Å². The van der Waals surface area contributed by atoms with E-state index in [0.717, 1.165) is 35.5 Å². The Kier molecular flexibility index (Phi) is 6.40.